The second kappa shape index (κ2) is 2.62. The molecule has 0 spiro atoms. The van der Waals surface area contributed by atoms with Gasteiger partial charge in [-0.2, -0.15) is 0 Å². The Morgan fingerprint density at radius 3 is 2.40 bits per heavy atom. The fourth-order valence-corrected chi connectivity index (χ4v) is 1.37. The summed E-state index contributed by atoms with van der Waals surface area (Å²) in [6.45, 7) is 0. The average molecular weight is 272 g/mol. The molecule has 5 heteroatoms. The Hall–Kier alpha value is 0.1000. The zero-order valence-electron chi connectivity index (χ0n) is 4.89. The van der Waals surface area contributed by atoms with Crippen molar-refractivity contribution in [2.75, 3.05) is 5.33 Å². The lowest BCUT2D eigenvalue weighted by Crippen LogP contribution is -2.28. The van der Waals surface area contributed by atoms with Crippen LogP contribution in [0.4, 0.5) is 0 Å². The van der Waals surface area contributed by atoms with E-state index in [0.29, 0.717) is 5.33 Å². The van der Waals surface area contributed by atoms with Gasteiger partial charge in [0.1, 0.15) is 4.32 Å². The molecule has 1 saturated heterocycles. The van der Waals surface area contributed by atoms with Gasteiger partial charge in [0.15, 0.2) is 0 Å². The summed E-state index contributed by atoms with van der Waals surface area (Å²) in [6.07, 6.45) is 0.108. The van der Waals surface area contributed by atoms with E-state index in [1.165, 1.54) is 0 Å². The van der Waals surface area contributed by atoms with E-state index in [1.54, 1.807) is 0 Å². The zero-order chi connectivity index (χ0) is 7.78. The van der Waals surface area contributed by atoms with E-state index in [9.17, 15) is 9.59 Å². The second-order valence-electron chi connectivity index (χ2n) is 2.04. The Morgan fingerprint density at radius 1 is 1.60 bits per heavy atom. The van der Waals surface area contributed by atoms with Crippen LogP contribution in [0.2, 0.25) is 0 Å². The molecule has 1 fully saturated rings. The molecule has 1 unspecified atom stereocenters. The van der Waals surface area contributed by atoms with Crippen LogP contribution in [0.5, 0.6) is 0 Å². The molecule has 0 amide bonds. The van der Waals surface area contributed by atoms with Crippen molar-refractivity contribution in [1.29, 1.82) is 0 Å². The first-order chi connectivity index (χ1) is 4.58. The molecule has 1 rings (SSSR count). The van der Waals surface area contributed by atoms with Gasteiger partial charge in [-0.3, -0.25) is 4.79 Å². The summed E-state index contributed by atoms with van der Waals surface area (Å²) in [5.41, 5.74) is 0. The third kappa shape index (κ3) is 1.25. The lowest BCUT2D eigenvalue weighted by molar-refractivity contribution is -0.152. The lowest BCUT2D eigenvalue weighted by atomic mass is 10.1. The van der Waals surface area contributed by atoms with Gasteiger partial charge in [0.05, 0.1) is 6.42 Å². The van der Waals surface area contributed by atoms with Gasteiger partial charge in [0, 0.05) is 5.33 Å². The first-order valence-electron chi connectivity index (χ1n) is 2.58. The predicted octanol–water partition coefficient (Wildman–Crippen LogP) is 0.988. The van der Waals surface area contributed by atoms with Gasteiger partial charge in [-0.1, -0.05) is 31.9 Å². The molecule has 0 saturated carbocycles. The standard InChI is InChI=1S/C5H4Br2O3/c6-2-5(7)1-3(8)10-4(5)9/h1-2H2. The van der Waals surface area contributed by atoms with Crippen molar-refractivity contribution in [2.45, 2.75) is 10.7 Å². The molecule has 1 aliphatic rings. The van der Waals surface area contributed by atoms with Gasteiger partial charge < -0.3 is 4.74 Å². The maximum absolute atomic E-state index is 10.8. The summed E-state index contributed by atoms with van der Waals surface area (Å²) in [6, 6.07) is 0. The summed E-state index contributed by atoms with van der Waals surface area (Å²) in [4.78, 5) is 21.4. The summed E-state index contributed by atoms with van der Waals surface area (Å²) >= 11 is 6.21. The highest BCUT2D eigenvalue weighted by Gasteiger charge is 2.46. The Balaban J connectivity index is 2.80. The molecule has 0 N–H and O–H groups in total. The highest BCUT2D eigenvalue weighted by molar-refractivity contribution is 9.12. The van der Waals surface area contributed by atoms with Crippen LogP contribution in [0.1, 0.15) is 6.42 Å². The van der Waals surface area contributed by atoms with Crippen LogP contribution in [-0.4, -0.2) is 21.6 Å². The largest absolute Gasteiger partial charge is 0.392 e. The van der Waals surface area contributed by atoms with Crippen LogP contribution < -0.4 is 0 Å². The topological polar surface area (TPSA) is 43.4 Å². The fraction of sp³-hybridized carbons (Fsp3) is 0.600. The minimum absolute atomic E-state index is 0.108. The van der Waals surface area contributed by atoms with Crippen molar-refractivity contribution in [3.8, 4) is 0 Å². The fourth-order valence-electron chi connectivity index (χ4n) is 0.634. The third-order valence-corrected chi connectivity index (χ3v) is 3.80. The number of halogens is 2. The number of carbonyl (C=O) groups excluding carboxylic acids is 2. The molecule has 1 aliphatic heterocycles. The number of cyclic esters (lactones) is 2. The first kappa shape index (κ1) is 8.20. The maximum Gasteiger partial charge on any atom is 0.331 e. The Kier molecular flexibility index (Phi) is 2.15. The molecule has 0 aromatic rings. The predicted molar refractivity (Wildman–Crippen MR) is 41.2 cm³/mol. The highest BCUT2D eigenvalue weighted by atomic mass is 79.9. The van der Waals surface area contributed by atoms with E-state index in [2.05, 4.69) is 36.6 Å². The van der Waals surface area contributed by atoms with Crippen molar-refractivity contribution in [3.05, 3.63) is 0 Å². The molecule has 56 valence electrons. The normalized spacial score (nSPS) is 32.6. The summed E-state index contributed by atoms with van der Waals surface area (Å²) in [5.74, 6) is -0.976. The van der Waals surface area contributed by atoms with Crippen LogP contribution in [0.15, 0.2) is 0 Å². The second-order valence-corrected chi connectivity index (χ2v) is 4.12. The molecule has 10 heavy (non-hydrogen) atoms. The van der Waals surface area contributed by atoms with E-state index in [0.717, 1.165) is 0 Å². The summed E-state index contributed by atoms with van der Waals surface area (Å²) < 4.78 is 3.50. The molecule has 0 bridgehead atoms. The Bertz CT molecular complexity index is 191. The SMILES string of the molecule is O=C1CC(Br)(CBr)C(=O)O1. The van der Waals surface area contributed by atoms with Crippen LogP contribution in [-0.2, 0) is 14.3 Å². The maximum atomic E-state index is 10.8. The van der Waals surface area contributed by atoms with Crippen molar-refractivity contribution in [2.24, 2.45) is 0 Å². The van der Waals surface area contributed by atoms with Crippen molar-refractivity contribution < 1.29 is 14.3 Å². The number of alkyl halides is 2. The smallest absolute Gasteiger partial charge is 0.331 e. The van der Waals surface area contributed by atoms with Crippen LogP contribution in [0.25, 0.3) is 0 Å². The molecule has 0 radical (unpaired) electrons. The zero-order valence-corrected chi connectivity index (χ0v) is 8.07. The van der Waals surface area contributed by atoms with Crippen LogP contribution in [0, 0.1) is 0 Å². The van der Waals surface area contributed by atoms with Crippen molar-refractivity contribution in [3.63, 3.8) is 0 Å². The van der Waals surface area contributed by atoms with Gasteiger partial charge in [-0.15, -0.1) is 0 Å². The van der Waals surface area contributed by atoms with Gasteiger partial charge in [-0.05, 0) is 0 Å². The Labute approximate surface area is 74.4 Å². The number of rotatable bonds is 1. The third-order valence-electron chi connectivity index (χ3n) is 1.21. The van der Waals surface area contributed by atoms with Crippen molar-refractivity contribution >= 4 is 43.8 Å². The van der Waals surface area contributed by atoms with E-state index in [1.807, 2.05) is 0 Å². The molecule has 0 aliphatic carbocycles. The molecule has 1 atom stereocenters. The molecule has 0 aromatic heterocycles. The Morgan fingerprint density at radius 2 is 2.20 bits per heavy atom. The monoisotopic (exact) mass is 270 g/mol. The minimum atomic E-state index is -0.815. The quantitative estimate of drug-likeness (QED) is 0.406. The molecule has 0 aromatic carbocycles. The van der Waals surface area contributed by atoms with Gasteiger partial charge >= 0.3 is 11.9 Å². The van der Waals surface area contributed by atoms with Gasteiger partial charge in [0.2, 0.25) is 0 Å². The molecule has 3 nitrogen and oxygen atoms in total. The van der Waals surface area contributed by atoms with Crippen molar-refractivity contribution in [1.82, 2.24) is 0 Å². The summed E-state index contributed by atoms with van der Waals surface area (Å²) in [5, 5.41) is 0.393. The van der Waals surface area contributed by atoms with E-state index in [-0.39, 0.29) is 6.42 Å². The summed E-state index contributed by atoms with van der Waals surface area (Å²) in [7, 11) is 0. The molecular formula is C5H4Br2O3. The number of carbonyl (C=O) groups is 2. The first-order valence-corrected chi connectivity index (χ1v) is 4.50. The number of esters is 2. The number of ether oxygens (including phenoxy) is 1. The van der Waals surface area contributed by atoms with Crippen LogP contribution >= 0.6 is 31.9 Å². The van der Waals surface area contributed by atoms with Gasteiger partial charge in [-0.25, -0.2) is 4.79 Å². The highest BCUT2D eigenvalue weighted by Crippen LogP contribution is 2.32. The van der Waals surface area contributed by atoms with E-state index < -0.39 is 16.3 Å². The van der Waals surface area contributed by atoms with Crippen LogP contribution in [0.3, 0.4) is 0 Å². The average Bonchev–Trinajstić information content (AvgIpc) is 2.09. The number of hydrogen-bond acceptors (Lipinski definition) is 3. The number of hydrogen-bond donors (Lipinski definition) is 0. The molecule has 1 heterocycles. The van der Waals surface area contributed by atoms with E-state index >= 15 is 0 Å². The lowest BCUT2D eigenvalue weighted by Gasteiger charge is -2.09. The van der Waals surface area contributed by atoms with Gasteiger partial charge in [0.25, 0.3) is 0 Å². The minimum Gasteiger partial charge on any atom is -0.392 e. The molecular weight excluding hydrogens is 268 g/mol. The van der Waals surface area contributed by atoms with E-state index in [4.69, 9.17) is 0 Å².